The summed E-state index contributed by atoms with van der Waals surface area (Å²) < 4.78 is 17.0. The summed E-state index contributed by atoms with van der Waals surface area (Å²) in [6, 6.07) is 0. The first-order valence-electron chi connectivity index (χ1n) is 37.0. The van der Waals surface area contributed by atoms with Gasteiger partial charge in [-0.2, -0.15) is 0 Å². The number of ether oxygens (including phenoxy) is 3. The third-order valence-corrected chi connectivity index (χ3v) is 16.9. The van der Waals surface area contributed by atoms with Crippen molar-refractivity contribution in [3.05, 3.63) is 36.5 Å². The SMILES string of the molecule is CCCCCC/C=C\C/C=C\CCCCCCCCCC(=O)OC(COC(=O)CCCCCCCCCCCCCCCCC)COC(=O)CCCCCCCCCCCCCCCCCCCCC/C=C\CCCCCCCCCC. The van der Waals surface area contributed by atoms with Crippen LogP contribution in [0.25, 0.3) is 0 Å². The predicted molar refractivity (Wildman–Crippen MR) is 358 cm³/mol. The molecule has 0 aliphatic heterocycles. The Bertz CT molecular complexity index is 1370. The van der Waals surface area contributed by atoms with Gasteiger partial charge in [-0.25, -0.2) is 0 Å². The number of carbonyl (C=O) groups is 3. The molecule has 6 heteroatoms. The Morgan fingerprint density at radius 2 is 0.439 bits per heavy atom. The Kier molecular flexibility index (Phi) is 69.1. The van der Waals surface area contributed by atoms with E-state index in [4.69, 9.17) is 14.2 Å². The van der Waals surface area contributed by atoms with E-state index in [9.17, 15) is 14.4 Å². The number of carbonyl (C=O) groups excluding carboxylic acids is 3. The zero-order valence-corrected chi connectivity index (χ0v) is 55.5. The molecule has 0 heterocycles. The van der Waals surface area contributed by atoms with Crippen molar-refractivity contribution in [1.82, 2.24) is 0 Å². The van der Waals surface area contributed by atoms with E-state index in [1.807, 2.05) is 0 Å². The largest absolute Gasteiger partial charge is 0.462 e. The van der Waals surface area contributed by atoms with E-state index in [1.54, 1.807) is 0 Å². The molecule has 0 amide bonds. The highest BCUT2D eigenvalue weighted by molar-refractivity contribution is 5.71. The van der Waals surface area contributed by atoms with Crippen molar-refractivity contribution in [1.29, 1.82) is 0 Å². The van der Waals surface area contributed by atoms with Crippen molar-refractivity contribution in [2.45, 2.75) is 419 Å². The minimum Gasteiger partial charge on any atom is -0.462 e. The van der Waals surface area contributed by atoms with Crippen molar-refractivity contribution >= 4 is 17.9 Å². The lowest BCUT2D eigenvalue weighted by Crippen LogP contribution is -2.30. The minimum atomic E-state index is -0.774. The molecule has 0 aliphatic carbocycles. The van der Waals surface area contributed by atoms with E-state index >= 15 is 0 Å². The highest BCUT2D eigenvalue weighted by atomic mass is 16.6. The molecule has 482 valence electrons. The van der Waals surface area contributed by atoms with Crippen LogP contribution in [0.2, 0.25) is 0 Å². The molecule has 1 atom stereocenters. The summed E-state index contributed by atoms with van der Waals surface area (Å²) in [5.41, 5.74) is 0. The van der Waals surface area contributed by atoms with Crippen molar-refractivity contribution in [3.8, 4) is 0 Å². The molecule has 82 heavy (non-hydrogen) atoms. The van der Waals surface area contributed by atoms with Crippen LogP contribution in [0.1, 0.15) is 412 Å². The molecule has 0 fully saturated rings. The Morgan fingerprint density at radius 1 is 0.244 bits per heavy atom. The summed E-state index contributed by atoms with van der Waals surface area (Å²) in [4.78, 5) is 38.5. The molecule has 0 spiro atoms. The van der Waals surface area contributed by atoms with Gasteiger partial charge in [-0.05, 0) is 77.0 Å². The van der Waals surface area contributed by atoms with Gasteiger partial charge in [-0.3, -0.25) is 14.4 Å². The second-order valence-electron chi connectivity index (χ2n) is 25.2. The van der Waals surface area contributed by atoms with Crippen LogP contribution in [-0.4, -0.2) is 37.2 Å². The van der Waals surface area contributed by atoms with Crippen molar-refractivity contribution in [3.63, 3.8) is 0 Å². The van der Waals surface area contributed by atoms with Gasteiger partial charge < -0.3 is 14.2 Å². The maximum absolute atomic E-state index is 12.9. The minimum absolute atomic E-state index is 0.0695. The summed E-state index contributed by atoms with van der Waals surface area (Å²) in [7, 11) is 0. The predicted octanol–water partition coefficient (Wildman–Crippen LogP) is 25.5. The topological polar surface area (TPSA) is 78.9 Å². The lowest BCUT2D eigenvalue weighted by molar-refractivity contribution is -0.167. The van der Waals surface area contributed by atoms with Gasteiger partial charge >= 0.3 is 17.9 Å². The fourth-order valence-electron chi connectivity index (χ4n) is 11.3. The molecule has 0 aromatic rings. The zero-order valence-electron chi connectivity index (χ0n) is 55.5. The van der Waals surface area contributed by atoms with Crippen LogP contribution in [0.5, 0.6) is 0 Å². The Balaban J connectivity index is 4.18. The summed E-state index contributed by atoms with van der Waals surface area (Å²) in [5.74, 6) is -0.846. The number of unbranched alkanes of at least 4 members (excludes halogenated alkanes) is 52. The summed E-state index contributed by atoms with van der Waals surface area (Å²) >= 11 is 0. The third kappa shape index (κ3) is 68.4. The molecule has 6 nitrogen and oxygen atoms in total. The van der Waals surface area contributed by atoms with Crippen LogP contribution < -0.4 is 0 Å². The van der Waals surface area contributed by atoms with Gasteiger partial charge in [0.05, 0.1) is 0 Å². The van der Waals surface area contributed by atoms with Crippen LogP contribution in [0.3, 0.4) is 0 Å². The van der Waals surface area contributed by atoms with Gasteiger partial charge in [0.1, 0.15) is 13.2 Å². The molecule has 0 rings (SSSR count). The fraction of sp³-hybridized carbons (Fsp3) is 0.882. The number of hydrogen-bond donors (Lipinski definition) is 0. The molecule has 0 saturated heterocycles. The van der Waals surface area contributed by atoms with Gasteiger partial charge in [0, 0.05) is 19.3 Å². The smallest absolute Gasteiger partial charge is 0.306 e. The molecule has 0 aromatic carbocycles. The second kappa shape index (κ2) is 71.1. The standard InChI is InChI=1S/C76H142O6/c1-4-7-10-13-16-19-22-25-28-30-32-33-34-35-36-37-38-39-40-41-42-43-44-46-48-51-54-57-60-63-66-69-75(78)81-72-73(71-80-74(77)68-65-62-59-56-53-50-47-27-24-21-18-15-12-9-6-3)82-76(79)70-67-64-61-58-55-52-49-45-31-29-26-23-20-17-14-11-8-5-2/h20,23,29-32,73H,4-19,21-22,24-28,33-72H2,1-3H3/b23-20-,31-29-,32-30-. The molecule has 0 bridgehead atoms. The van der Waals surface area contributed by atoms with Crippen LogP contribution in [-0.2, 0) is 28.6 Å². The van der Waals surface area contributed by atoms with E-state index < -0.39 is 6.10 Å². The molecular weight excluding hydrogens is 1010 g/mol. The van der Waals surface area contributed by atoms with Crippen molar-refractivity contribution in [2.24, 2.45) is 0 Å². The Labute approximate surface area is 512 Å². The van der Waals surface area contributed by atoms with Gasteiger partial charge in [0.2, 0.25) is 0 Å². The highest BCUT2D eigenvalue weighted by Gasteiger charge is 2.19. The molecule has 0 aromatic heterocycles. The van der Waals surface area contributed by atoms with E-state index in [1.165, 1.54) is 302 Å². The quantitative estimate of drug-likeness (QED) is 0.0261. The zero-order chi connectivity index (χ0) is 59.2. The van der Waals surface area contributed by atoms with Crippen LogP contribution in [0, 0.1) is 0 Å². The first-order chi connectivity index (χ1) is 40.5. The van der Waals surface area contributed by atoms with Gasteiger partial charge in [-0.1, -0.05) is 353 Å². The van der Waals surface area contributed by atoms with Gasteiger partial charge in [-0.15, -0.1) is 0 Å². The number of rotatable bonds is 69. The van der Waals surface area contributed by atoms with E-state index in [0.29, 0.717) is 19.3 Å². The monoisotopic (exact) mass is 1150 g/mol. The number of hydrogen-bond acceptors (Lipinski definition) is 6. The average molecular weight is 1150 g/mol. The summed E-state index contributed by atoms with van der Waals surface area (Å²) in [6.45, 7) is 6.70. The van der Waals surface area contributed by atoms with Gasteiger partial charge in [0.25, 0.3) is 0 Å². The second-order valence-corrected chi connectivity index (χ2v) is 25.2. The van der Waals surface area contributed by atoms with E-state index in [-0.39, 0.29) is 31.1 Å². The lowest BCUT2D eigenvalue weighted by atomic mass is 10.0. The molecular formula is C76H142O6. The maximum Gasteiger partial charge on any atom is 0.306 e. The molecule has 1 unspecified atom stereocenters. The fourth-order valence-corrected chi connectivity index (χ4v) is 11.3. The van der Waals surface area contributed by atoms with Crippen molar-refractivity contribution in [2.75, 3.05) is 13.2 Å². The summed E-state index contributed by atoms with van der Waals surface area (Å²) in [5, 5.41) is 0. The van der Waals surface area contributed by atoms with E-state index in [0.717, 1.165) is 70.6 Å². The van der Waals surface area contributed by atoms with Crippen molar-refractivity contribution < 1.29 is 28.6 Å². The molecule has 0 saturated carbocycles. The molecule has 0 N–H and O–H groups in total. The van der Waals surface area contributed by atoms with E-state index in [2.05, 4.69) is 57.2 Å². The third-order valence-electron chi connectivity index (χ3n) is 16.9. The first-order valence-corrected chi connectivity index (χ1v) is 37.0. The Morgan fingerprint density at radius 3 is 0.695 bits per heavy atom. The number of allylic oxidation sites excluding steroid dienone is 6. The van der Waals surface area contributed by atoms with Gasteiger partial charge in [0.15, 0.2) is 6.10 Å². The lowest BCUT2D eigenvalue weighted by Gasteiger charge is -2.18. The average Bonchev–Trinajstić information content (AvgIpc) is 3.47. The first kappa shape index (κ1) is 79.6. The highest BCUT2D eigenvalue weighted by Crippen LogP contribution is 2.19. The number of esters is 3. The van der Waals surface area contributed by atoms with Crippen LogP contribution >= 0.6 is 0 Å². The Hall–Kier alpha value is -2.37. The molecule has 0 radical (unpaired) electrons. The van der Waals surface area contributed by atoms with Crippen LogP contribution in [0.15, 0.2) is 36.5 Å². The maximum atomic E-state index is 12.9. The normalized spacial score (nSPS) is 12.2. The molecule has 0 aliphatic rings. The van der Waals surface area contributed by atoms with Crippen LogP contribution in [0.4, 0.5) is 0 Å². The summed E-state index contributed by atoms with van der Waals surface area (Å²) in [6.07, 6.45) is 89.0.